The fraction of sp³-hybridized carbons (Fsp3) is 0.278. The number of hydrogen-bond donors (Lipinski definition) is 2. The molecule has 1 aliphatic heterocycles. The zero-order valence-corrected chi connectivity index (χ0v) is 13.3. The van der Waals surface area contributed by atoms with Crippen LogP contribution in [0.15, 0.2) is 36.4 Å². The van der Waals surface area contributed by atoms with Crippen LogP contribution in [0.3, 0.4) is 0 Å². The van der Waals surface area contributed by atoms with Crippen molar-refractivity contribution < 1.29 is 14.3 Å². The Bertz CT molecular complexity index is 728. The topological polar surface area (TPSA) is 59.6 Å². The van der Waals surface area contributed by atoms with Gasteiger partial charge in [0.05, 0.1) is 0 Å². The van der Waals surface area contributed by atoms with Gasteiger partial charge in [-0.15, -0.1) is 0 Å². The average molecular weight is 312 g/mol. The molecule has 0 fully saturated rings. The Hall–Kier alpha value is -2.69. The number of benzene rings is 2. The number of carbonyl (C=O) groups is 1. The van der Waals surface area contributed by atoms with Crippen molar-refractivity contribution in [1.82, 2.24) is 0 Å². The van der Waals surface area contributed by atoms with Gasteiger partial charge in [0.2, 0.25) is 12.7 Å². The number of fused-ring (bicyclic) bond motifs is 1. The van der Waals surface area contributed by atoms with Crippen LogP contribution >= 0.6 is 0 Å². The number of carbonyl (C=O) groups excluding carboxylic acids is 1. The van der Waals surface area contributed by atoms with Gasteiger partial charge in [-0.1, -0.05) is 6.07 Å². The summed E-state index contributed by atoms with van der Waals surface area (Å²) in [6.07, 6.45) is 0.390. The fourth-order valence-electron chi connectivity index (χ4n) is 2.37. The highest BCUT2D eigenvalue weighted by Crippen LogP contribution is 2.34. The van der Waals surface area contributed by atoms with Gasteiger partial charge in [0.1, 0.15) is 0 Å². The van der Waals surface area contributed by atoms with Crippen LogP contribution in [0.25, 0.3) is 0 Å². The lowest BCUT2D eigenvalue weighted by atomic mass is 10.1. The van der Waals surface area contributed by atoms with Gasteiger partial charge >= 0.3 is 0 Å². The van der Waals surface area contributed by atoms with Crippen LogP contribution in [0.2, 0.25) is 0 Å². The smallest absolute Gasteiger partial charge is 0.231 e. The van der Waals surface area contributed by atoms with Crippen molar-refractivity contribution in [3.63, 3.8) is 0 Å². The van der Waals surface area contributed by atoms with Crippen molar-refractivity contribution in [3.8, 4) is 11.5 Å². The molecule has 1 aliphatic rings. The third-order valence-electron chi connectivity index (χ3n) is 3.84. The van der Waals surface area contributed by atoms with E-state index in [9.17, 15) is 4.79 Å². The molecule has 2 aromatic carbocycles. The van der Waals surface area contributed by atoms with Gasteiger partial charge in [-0.05, 0) is 49.2 Å². The zero-order valence-electron chi connectivity index (χ0n) is 13.3. The number of hydrogen-bond acceptors (Lipinski definition) is 4. The Balaban J connectivity index is 1.49. The summed E-state index contributed by atoms with van der Waals surface area (Å²) >= 11 is 0. The van der Waals surface area contributed by atoms with Crippen LogP contribution in [-0.4, -0.2) is 19.2 Å². The minimum absolute atomic E-state index is 0.0415. The van der Waals surface area contributed by atoms with E-state index in [4.69, 9.17) is 9.47 Å². The highest BCUT2D eigenvalue weighted by Gasteiger charge is 2.14. The van der Waals surface area contributed by atoms with Crippen LogP contribution in [-0.2, 0) is 4.79 Å². The van der Waals surface area contributed by atoms with E-state index < -0.39 is 0 Å². The normalized spacial score (nSPS) is 12.1. The van der Waals surface area contributed by atoms with Crippen molar-refractivity contribution in [2.75, 3.05) is 24.0 Å². The number of nitrogens with one attached hydrogen (secondary N) is 2. The van der Waals surface area contributed by atoms with Crippen molar-refractivity contribution in [3.05, 3.63) is 47.5 Å². The Kier molecular flexibility index (Phi) is 4.37. The van der Waals surface area contributed by atoms with E-state index in [1.54, 1.807) is 12.1 Å². The molecule has 0 atom stereocenters. The molecule has 2 N–H and O–H groups in total. The fourth-order valence-corrected chi connectivity index (χ4v) is 2.37. The molecule has 1 amide bonds. The monoisotopic (exact) mass is 312 g/mol. The van der Waals surface area contributed by atoms with Gasteiger partial charge in [-0.25, -0.2) is 0 Å². The van der Waals surface area contributed by atoms with Crippen molar-refractivity contribution in [2.45, 2.75) is 20.3 Å². The summed E-state index contributed by atoms with van der Waals surface area (Å²) in [6, 6.07) is 11.6. The summed E-state index contributed by atoms with van der Waals surface area (Å²) < 4.78 is 10.5. The van der Waals surface area contributed by atoms with Crippen LogP contribution in [0, 0.1) is 13.8 Å². The largest absolute Gasteiger partial charge is 0.454 e. The summed E-state index contributed by atoms with van der Waals surface area (Å²) in [6.45, 7) is 4.97. The molecule has 0 aliphatic carbocycles. The lowest BCUT2D eigenvalue weighted by Crippen LogP contribution is -2.16. The van der Waals surface area contributed by atoms with Crippen LogP contribution < -0.4 is 20.1 Å². The van der Waals surface area contributed by atoms with E-state index in [0.717, 1.165) is 5.69 Å². The van der Waals surface area contributed by atoms with Crippen LogP contribution in [0.1, 0.15) is 17.5 Å². The van der Waals surface area contributed by atoms with E-state index in [2.05, 4.69) is 36.6 Å². The minimum atomic E-state index is -0.0415. The zero-order chi connectivity index (χ0) is 16.2. The van der Waals surface area contributed by atoms with Gasteiger partial charge in [0, 0.05) is 30.4 Å². The number of rotatable bonds is 5. The minimum Gasteiger partial charge on any atom is -0.454 e. The number of amides is 1. The predicted molar refractivity (Wildman–Crippen MR) is 90.2 cm³/mol. The van der Waals surface area contributed by atoms with Gasteiger partial charge < -0.3 is 20.1 Å². The SMILES string of the molecule is Cc1ccc(NCCC(=O)Nc2ccc3c(c2)OCO3)cc1C. The Morgan fingerprint density at radius 3 is 2.61 bits per heavy atom. The van der Waals surface area contributed by atoms with Gasteiger partial charge in [-0.2, -0.15) is 0 Å². The van der Waals surface area contributed by atoms with E-state index in [0.29, 0.717) is 30.2 Å². The summed E-state index contributed by atoms with van der Waals surface area (Å²) in [5.74, 6) is 1.33. The molecule has 120 valence electrons. The van der Waals surface area contributed by atoms with Gasteiger partial charge in [-0.3, -0.25) is 4.79 Å². The molecule has 0 saturated heterocycles. The standard InChI is InChI=1S/C18H20N2O3/c1-12-3-4-14(9-13(12)2)19-8-7-18(21)20-15-5-6-16-17(10-15)23-11-22-16/h3-6,9-10,19H,7-8,11H2,1-2H3,(H,20,21). The van der Waals surface area contributed by atoms with E-state index >= 15 is 0 Å². The molecule has 0 radical (unpaired) electrons. The van der Waals surface area contributed by atoms with Gasteiger partial charge in [0.15, 0.2) is 11.5 Å². The van der Waals surface area contributed by atoms with Gasteiger partial charge in [0.25, 0.3) is 0 Å². The molecule has 23 heavy (non-hydrogen) atoms. The first kappa shape index (κ1) is 15.2. The number of aryl methyl sites for hydroxylation is 2. The first-order valence-electron chi connectivity index (χ1n) is 7.62. The highest BCUT2D eigenvalue weighted by atomic mass is 16.7. The van der Waals surface area contributed by atoms with Crippen LogP contribution in [0.4, 0.5) is 11.4 Å². The second-order valence-electron chi connectivity index (χ2n) is 5.59. The molecular weight excluding hydrogens is 292 g/mol. The molecular formula is C18H20N2O3. The summed E-state index contributed by atoms with van der Waals surface area (Å²) in [4.78, 5) is 12.0. The molecule has 0 unspecified atom stereocenters. The molecule has 1 heterocycles. The maximum absolute atomic E-state index is 12.0. The lowest BCUT2D eigenvalue weighted by Gasteiger charge is -2.09. The molecule has 5 heteroatoms. The molecule has 2 aromatic rings. The van der Waals surface area contributed by atoms with Crippen molar-refractivity contribution in [2.24, 2.45) is 0 Å². The molecule has 5 nitrogen and oxygen atoms in total. The third-order valence-corrected chi connectivity index (χ3v) is 3.84. The first-order chi connectivity index (χ1) is 11.1. The Labute approximate surface area is 135 Å². The molecule has 0 saturated carbocycles. The second kappa shape index (κ2) is 6.60. The Morgan fingerprint density at radius 2 is 1.78 bits per heavy atom. The predicted octanol–water partition coefficient (Wildman–Crippen LogP) is 3.47. The van der Waals surface area contributed by atoms with E-state index in [1.165, 1.54) is 11.1 Å². The summed E-state index contributed by atoms with van der Waals surface area (Å²) in [5.41, 5.74) is 4.24. The lowest BCUT2D eigenvalue weighted by molar-refractivity contribution is -0.115. The highest BCUT2D eigenvalue weighted by molar-refractivity contribution is 5.91. The Morgan fingerprint density at radius 1 is 1.00 bits per heavy atom. The van der Waals surface area contributed by atoms with Crippen molar-refractivity contribution in [1.29, 1.82) is 0 Å². The maximum Gasteiger partial charge on any atom is 0.231 e. The van der Waals surface area contributed by atoms with Crippen LogP contribution in [0.5, 0.6) is 11.5 Å². The first-order valence-corrected chi connectivity index (χ1v) is 7.62. The van der Waals surface area contributed by atoms with Crippen molar-refractivity contribution >= 4 is 17.3 Å². The molecule has 3 rings (SSSR count). The van der Waals surface area contributed by atoms with E-state index in [-0.39, 0.29) is 12.7 Å². The van der Waals surface area contributed by atoms with E-state index in [1.807, 2.05) is 12.1 Å². The second-order valence-corrected chi connectivity index (χ2v) is 5.59. The maximum atomic E-state index is 12.0. The molecule has 0 bridgehead atoms. The number of anilines is 2. The number of ether oxygens (including phenoxy) is 2. The quantitative estimate of drug-likeness (QED) is 0.887. The molecule has 0 spiro atoms. The average Bonchev–Trinajstić information content (AvgIpc) is 2.98. The molecule has 0 aromatic heterocycles. The third kappa shape index (κ3) is 3.74. The summed E-state index contributed by atoms with van der Waals surface area (Å²) in [5, 5.41) is 6.13. The summed E-state index contributed by atoms with van der Waals surface area (Å²) in [7, 11) is 0.